The van der Waals surface area contributed by atoms with Gasteiger partial charge in [0.05, 0.1) is 23.8 Å². The van der Waals surface area contributed by atoms with Crippen LogP contribution in [0.3, 0.4) is 0 Å². The molecular weight excluding hydrogens is 266 g/mol. The van der Waals surface area contributed by atoms with Gasteiger partial charge in [-0.2, -0.15) is 5.26 Å². The molecule has 0 aromatic heterocycles. The number of methoxy groups -OCH3 is 1. The summed E-state index contributed by atoms with van der Waals surface area (Å²) in [6.07, 6.45) is 0. The minimum Gasteiger partial charge on any atom is -0.497 e. The molecule has 0 spiro atoms. The van der Waals surface area contributed by atoms with Gasteiger partial charge in [0.1, 0.15) is 5.75 Å². The highest BCUT2D eigenvalue weighted by Crippen LogP contribution is 2.34. The van der Waals surface area contributed by atoms with Crippen molar-refractivity contribution in [3.05, 3.63) is 53.1 Å². The number of nitriles is 1. The highest BCUT2D eigenvalue weighted by Gasteiger charge is 2.05. The average Bonchev–Trinajstić information content (AvgIpc) is 2.41. The van der Waals surface area contributed by atoms with Gasteiger partial charge in [0.15, 0.2) is 0 Å². The topological polar surface area (TPSA) is 33.0 Å². The van der Waals surface area contributed by atoms with Gasteiger partial charge in [-0.25, -0.2) is 0 Å². The Hall–Kier alpha value is -1.63. The molecule has 90 valence electrons. The summed E-state index contributed by atoms with van der Waals surface area (Å²) in [7, 11) is 1.64. The van der Waals surface area contributed by atoms with Crippen molar-refractivity contribution in [2.75, 3.05) is 7.11 Å². The molecule has 0 radical (unpaired) electrons. The molecule has 0 unspecified atom stereocenters. The number of benzene rings is 2. The Bertz CT molecular complexity index is 607. The van der Waals surface area contributed by atoms with E-state index < -0.39 is 0 Å². The Labute approximate surface area is 115 Å². The van der Waals surface area contributed by atoms with Gasteiger partial charge in [0.2, 0.25) is 0 Å². The second-order valence-corrected chi connectivity index (χ2v) is 5.06. The lowest BCUT2D eigenvalue weighted by molar-refractivity contribution is 0.413. The van der Waals surface area contributed by atoms with E-state index in [0.29, 0.717) is 10.6 Å². The Morgan fingerprint density at radius 2 is 2.06 bits per heavy atom. The summed E-state index contributed by atoms with van der Waals surface area (Å²) in [5, 5.41) is 9.36. The highest BCUT2D eigenvalue weighted by molar-refractivity contribution is 7.99. The van der Waals surface area contributed by atoms with Crippen LogP contribution < -0.4 is 4.74 Å². The number of halogens is 1. The van der Waals surface area contributed by atoms with Gasteiger partial charge in [0.25, 0.3) is 0 Å². The molecule has 2 rings (SSSR count). The molecule has 4 heteroatoms. The minimum atomic E-state index is 0.565. The van der Waals surface area contributed by atoms with Crippen molar-refractivity contribution in [3.8, 4) is 11.8 Å². The number of rotatable bonds is 3. The number of hydrogen-bond acceptors (Lipinski definition) is 3. The van der Waals surface area contributed by atoms with E-state index in [0.717, 1.165) is 15.5 Å². The lowest BCUT2D eigenvalue weighted by atomic mass is 10.2. The van der Waals surface area contributed by atoms with E-state index in [9.17, 15) is 0 Å². The molecule has 0 heterocycles. The molecule has 18 heavy (non-hydrogen) atoms. The molecule has 0 saturated carbocycles. The largest absolute Gasteiger partial charge is 0.497 e. The van der Waals surface area contributed by atoms with E-state index in [4.69, 9.17) is 21.6 Å². The molecule has 0 atom stereocenters. The Kier molecular flexibility index (Phi) is 4.14. The smallest absolute Gasteiger partial charge is 0.119 e. The molecule has 0 bridgehead atoms. The van der Waals surface area contributed by atoms with Crippen LogP contribution in [0.4, 0.5) is 0 Å². The molecule has 0 N–H and O–H groups in total. The molecule has 0 saturated heterocycles. The van der Waals surface area contributed by atoms with Crippen LogP contribution in [0.5, 0.6) is 5.75 Å². The van der Waals surface area contributed by atoms with Crippen LogP contribution in [0.1, 0.15) is 5.56 Å². The lowest BCUT2D eigenvalue weighted by Crippen LogP contribution is -1.83. The maximum absolute atomic E-state index is 8.78. The van der Waals surface area contributed by atoms with Crippen molar-refractivity contribution in [3.63, 3.8) is 0 Å². The molecule has 2 aromatic rings. The normalized spacial score (nSPS) is 9.83. The van der Waals surface area contributed by atoms with Crippen LogP contribution >= 0.6 is 23.4 Å². The van der Waals surface area contributed by atoms with Crippen LogP contribution in [0.25, 0.3) is 0 Å². The maximum Gasteiger partial charge on any atom is 0.119 e. The number of hydrogen-bond donors (Lipinski definition) is 0. The van der Waals surface area contributed by atoms with Crippen molar-refractivity contribution in [2.24, 2.45) is 0 Å². The molecule has 0 aliphatic carbocycles. The highest BCUT2D eigenvalue weighted by atomic mass is 35.5. The fourth-order valence-electron chi connectivity index (χ4n) is 1.44. The van der Waals surface area contributed by atoms with Crippen molar-refractivity contribution in [1.82, 2.24) is 0 Å². The Morgan fingerprint density at radius 1 is 1.22 bits per heavy atom. The molecule has 0 aliphatic heterocycles. The third-order valence-electron chi connectivity index (χ3n) is 2.33. The monoisotopic (exact) mass is 275 g/mol. The summed E-state index contributed by atoms with van der Waals surface area (Å²) in [6.45, 7) is 0. The number of ether oxygens (including phenoxy) is 1. The zero-order valence-electron chi connectivity index (χ0n) is 9.68. The first kappa shape index (κ1) is 12.8. The van der Waals surface area contributed by atoms with Gasteiger partial charge in [-0.15, -0.1) is 0 Å². The van der Waals surface area contributed by atoms with E-state index >= 15 is 0 Å². The first-order valence-electron chi connectivity index (χ1n) is 5.24. The first-order chi connectivity index (χ1) is 8.72. The summed E-state index contributed by atoms with van der Waals surface area (Å²) in [6, 6.07) is 15.1. The van der Waals surface area contributed by atoms with Gasteiger partial charge in [-0.1, -0.05) is 29.4 Å². The third kappa shape index (κ3) is 2.98. The molecule has 2 aromatic carbocycles. The average molecular weight is 276 g/mol. The molecule has 0 amide bonds. The van der Waals surface area contributed by atoms with E-state index in [2.05, 4.69) is 6.07 Å². The third-order valence-corrected chi connectivity index (χ3v) is 3.82. The predicted molar refractivity (Wildman–Crippen MR) is 73.3 cm³/mol. The molecular formula is C14H10ClNOS. The molecule has 0 fully saturated rings. The molecule has 0 aliphatic rings. The van der Waals surface area contributed by atoms with Crippen LogP contribution in [0, 0.1) is 11.3 Å². The van der Waals surface area contributed by atoms with E-state index in [1.165, 1.54) is 0 Å². The SMILES string of the molecule is COc1cccc(Sc2ccc(C#N)cc2Cl)c1. The second-order valence-electron chi connectivity index (χ2n) is 3.54. The van der Waals surface area contributed by atoms with Crippen LogP contribution in [0.2, 0.25) is 5.02 Å². The Balaban J connectivity index is 2.26. The van der Waals surface area contributed by atoms with Gasteiger partial charge in [-0.3, -0.25) is 0 Å². The van der Waals surface area contributed by atoms with Crippen molar-refractivity contribution >= 4 is 23.4 Å². The first-order valence-corrected chi connectivity index (χ1v) is 6.44. The quantitative estimate of drug-likeness (QED) is 0.834. The summed E-state index contributed by atoms with van der Waals surface area (Å²) in [5.41, 5.74) is 0.565. The minimum absolute atomic E-state index is 0.565. The van der Waals surface area contributed by atoms with Gasteiger partial charge in [0, 0.05) is 9.79 Å². The zero-order valence-corrected chi connectivity index (χ0v) is 11.3. The Morgan fingerprint density at radius 3 is 2.72 bits per heavy atom. The van der Waals surface area contributed by atoms with Gasteiger partial charge in [-0.05, 0) is 36.4 Å². The molecule has 2 nitrogen and oxygen atoms in total. The van der Waals surface area contributed by atoms with Gasteiger partial charge >= 0.3 is 0 Å². The van der Waals surface area contributed by atoms with Crippen LogP contribution in [-0.2, 0) is 0 Å². The summed E-state index contributed by atoms with van der Waals surface area (Å²) < 4.78 is 5.17. The van der Waals surface area contributed by atoms with E-state index in [1.807, 2.05) is 30.3 Å². The van der Waals surface area contributed by atoms with Gasteiger partial charge < -0.3 is 4.74 Å². The van der Waals surface area contributed by atoms with Crippen molar-refractivity contribution in [2.45, 2.75) is 9.79 Å². The van der Waals surface area contributed by atoms with Crippen LogP contribution in [0.15, 0.2) is 52.3 Å². The summed E-state index contributed by atoms with van der Waals surface area (Å²) >= 11 is 7.67. The summed E-state index contributed by atoms with van der Waals surface area (Å²) in [5.74, 6) is 0.810. The lowest BCUT2D eigenvalue weighted by Gasteiger charge is -2.06. The summed E-state index contributed by atoms with van der Waals surface area (Å²) in [4.78, 5) is 1.96. The maximum atomic E-state index is 8.78. The van der Waals surface area contributed by atoms with Crippen molar-refractivity contribution < 1.29 is 4.74 Å². The fraction of sp³-hybridized carbons (Fsp3) is 0.0714. The van der Waals surface area contributed by atoms with E-state index in [1.54, 1.807) is 31.0 Å². The second kappa shape index (κ2) is 5.81. The zero-order chi connectivity index (χ0) is 13.0. The predicted octanol–water partition coefficient (Wildman–Crippen LogP) is 4.37. The van der Waals surface area contributed by atoms with Crippen molar-refractivity contribution in [1.29, 1.82) is 5.26 Å². The fourth-order valence-corrected chi connectivity index (χ4v) is 2.61. The standard InChI is InChI=1S/C14H10ClNOS/c1-17-11-3-2-4-12(8-11)18-14-6-5-10(9-16)7-13(14)15/h2-8H,1H3. The number of nitrogens with zero attached hydrogens (tertiary/aromatic N) is 1. The van der Waals surface area contributed by atoms with E-state index in [-0.39, 0.29) is 0 Å². The van der Waals surface area contributed by atoms with Crippen LogP contribution in [-0.4, -0.2) is 7.11 Å².